The lowest BCUT2D eigenvalue weighted by atomic mass is 9.92. The van der Waals surface area contributed by atoms with Crippen LogP contribution in [0, 0.1) is 25.1 Å². The third kappa shape index (κ3) is 3.11. The molecule has 31 heavy (non-hydrogen) atoms. The summed E-state index contributed by atoms with van der Waals surface area (Å²) in [5.74, 6) is -1.28. The van der Waals surface area contributed by atoms with E-state index in [1.54, 1.807) is 6.07 Å². The van der Waals surface area contributed by atoms with Crippen molar-refractivity contribution in [3.8, 4) is 0 Å². The fraction of sp³-hybridized carbons (Fsp3) is 0.174. The minimum atomic E-state index is -0.759. The molecule has 0 spiro atoms. The first-order chi connectivity index (χ1) is 15.0. The second kappa shape index (κ2) is 7.33. The van der Waals surface area contributed by atoms with Gasteiger partial charge in [-0.3, -0.25) is 0 Å². The summed E-state index contributed by atoms with van der Waals surface area (Å²) < 4.78 is 28.7. The standard InChI is InChI=1S/C23H16ClF2N5/c1-12-3-5-13(6-4-12)21-20-14(18-17(29-20)8-7-15(24)19(18)26)9-10-31(21)23-28-11-16(25)22(27-2)30-23/h3-8,11,21,29H,9-10H2,1H3. The Morgan fingerprint density at radius 2 is 1.97 bits per heavy atom. The lowest BCUT2D eigenvalue weighted by Crippen LogP contribution is -2.37. The van der Waals surface area contributed by atoms with Gasteiger partial charge in [-0.2, -0.15) is 4.98 Å². The number of fused-ring (bicyclic) bond motifs is 3. The number of halogens is 3. The van der Waals surface area contributed by atoms with E-state index in [2.05, 4.69) is 19.8 Å². The van der Waals surface area contributed by atoms with Crippen molar-refractivity contribution in [2.24, 2.45) is 0 Å². The molecule has 1 unspecified atom stereocenters. The van der Waals surface area contributed by atoms with Gasteiger partial charge in [0.2, 0.25) is 0 Å². The summed E-state index contributed by atoms with van der Waals surface area (Å²) >= 11 is 6.05. The summed E-state index contributed by atoms with van der Waals surface area (Å²) in [6.45, 7) is 9.65. The van der Waals surface area contributed by atoms with E-state index in [9.17, 15) is 8.78 Å². The highest BCUT2D eigenvalue weighted by Gasteiger charge is 2.35. The zero-order chi connectivity index (χ0) is 21.7. The number of benzene rings is 2. The molecule has 154 valence electrons. The van der Waals surface area contributed by atoms with Gasteiger partial charge < -0.3 is 14.7 Å². The van der Waals surface area contributed by atoms with Gasteiger partial charge in [0.15, 0.2) is 11.6 Å². The zero-order valence-electron chi connectivity index (χ0n) is 16.5. The van der Waals surface area contributed by atoms with Gasteiger partial charge in [0, 0.05) is 23.1 Å². The molecule has 1 atom stereocenters. The Morgan fingerprint density at radius 1 is 1.19 bits per heavy atom. The van der Waals surface area contributed by atoms with Crippen LogP contribution in [0.25, 0.3) is 15.7 Å². The van der Waals surface area contributed by atoms with E-state index in [4.69, 9.17) is 18.2 Å². The molecular formula is C23H16ClF2N5. The van der Waals surface area contributed by atoms with E-state index < -0.39 is 11.6 Å². The van der Waals surface area contributed by atoms with E-state index in [1.807, 2.05) is 36.1 Å². The molecule has 0 saturated heterocycles. The number of aryl methyl sites for hydroxylation is 1. The number of nitrogens with zero attached hydrogens (tertiary/aromatic N) is 4. The van der Waals surface area contributed by atoms with E-state index in [0.717, 1.165) is 28.6 Å². The van der Waals surface area contributed by atoms with Crippen molar-refractivity contribution in [1.29, 1.82) is 0 Å². The van der Waals surface area contributed by atoms with Gasteiger partial charge in [0.05, 0.1) is 17.3 Å². The molecule has 5 nitrogen and oxygen atoms in total. The first-order valence-electron chi connectivity index (χ1n) is 9.69. The lowest BCUT2D eigenvalue weighted by Gasteiger charge is -2.34. The Labute approximate surface area is 182 Å². The van der Waals surface area contributed by atoms with Crippen molar-refractivity contribution < 1.29 is 8.78 Å². The average Bonchev–Trinajstić information content (AvgIpc) is 3.16. The Balaban J connectivity index is 1.74. The number of rotatable bonds is 2. The summed E-state index contributed by atoms with van der Waals surface area (Å²) in [7, 11) is 0. The number of hydrogen-bond acceptors (Lipinski definition) is 3. The topological polar surface area (TPSA) is 49.2 Å². The normalized spacial score (nSPS) is 15.7. The molecule has 2 aromatic carbocycles. The number of aromatic nitrogens is 3. The molecule has 3 heterocycles. The van der Waals surface area contributed by atoms with E-state index in [0.29, 0.717) is 23.9 Å². The van der Waals surface area contributed by atoms with Crippen LogP contribution < -0.4 is 4.90 Å². The maximum absolute atomic E-state index is 14.9. The van der Waals surface area contributed by atoms with E-state index in [1.165, 1.54) is 6.07 Å². The second-order valence-corrected chi connectivity index (χ2v) is 7.92. The third-order valence-corrected chi connectivity index (χ3v) is 5.94. The Bertz CT molecular complexity index is 1360. The van der Waals surface area contributed by atoms with Crippen LogP contribution in [0.1, 0.15) is 28.4 Å². The van der Waals surface area contributed by atoms with Crippen LogP contribution in [0.4, 0.5) is 20.5 Å². The number of aromatic amines is 1. The fourth-order valence-electron chi connectivity index (χ4n) is 4.19. The molecule has 0 radical (unpaired) electrons. The van der Waals surface area contributed by atoms with Crippen molar-refractivity contribution in [1.82, 2.24) is 15.0 Å². The Hall–Kier alpha value is -3.50. The van der Waals surface area contributed by atoms with E-state index in [-0.39, 0.29) is 22.8 Å². The van der Waals surface area contributed by atoms with Gasteiger partial charge in [-0.1, -0.05) is 53.0 Å². The number of nitrogens with one attached hydrogen (secondary N) is 1. The molecule has 0 bridgehead atoms. The van der Waals surface area contributed by atoms with Gasteiger partial charge in [0.25, 0.3) is 0 Å². The van der Waals surface area contributed by atoms with Crippen LogP contribution in [0.5, 0.6) is 0 Å². The Kier molecular flexibility index (Phi) is 4.60. The summed E-state index contributed by atoms with van der Waals surface area (Å²) in [4.78, 5) is 16.7. The molecule has 1 N–H and O–H groups in total. The summed E-state index contributed by atoms with van der Waals surface area (Å²) in [5.41, 5.74) is 4.37. The van der Waals surface area contributed by atoms with E-state index >= 15 is 0 Å². The molecule has 0 saturated carbocycles. The summed E-state index contributed by atoms with van der Waals surface area (Å²) in [6.07, 6.45) is 1.53. The van der Waals surface area contributed by atoms with Crippen LogP contribution in [-0.4, -0.2) is 21.5 Å². The van der Waals surface area contributed by atoms with Gasteiger partial charge in [-0.05, 0) is 36.6 Å². The van der Waals surface area contributed by atoms with Crippen LogP contribution >= 0.6 is 11.6 Å². The smallest absolute Gasteiger partial charge is 0.323 e. The van der Waals surface area contributed by atoms with Crippen molar-refractivity contribution in [3.05, 3.63) is 93.1 Å². The molecule has 1 aliphatic heterocycles. The minimum Gasteiger partial charge on any atom is -0.358 e. The van der Waals surface area contributed by atoms with Gasteiger partial charge in [-0.15, -0.1) is 0 Å². The number of anilines is 1. The van der Waals surface area contributed by atoms with Gasteiger partial charge >= 0.3 is 11.8 Å². The molecule has 1 aliphatic rings. The molecule has 0 aliphatic carbocycles. The Morgan fingerprint density at radius 3 is 2.71 bits per heavy atom. The minimum absolute atomic E-state index is 0.0761. The van der Waals surface area contributed by atoms with Crippen LogP contribution in [-0.2, 0) is 6.42 Å². The monoisotopic (exact) mass is 435 g/mol. The van der Waals surface area contributed by atoms with Crippen molar-refractivity contribution in [3.63, 3.8) is 0 Å². The highest BCUT2D eigenvalue weighted by molar-refractivity contribution is 6.31. The SMILES string of the molecule is [C-]#[N+]c1nc(N2CCc3c([nH]c4ccc(Cl)c(F)c34)C2c2ccc(C)cc2)ncc1F. The van der Waals surface area contributed by atoms with Gasteiger partial charge in [-0.25, -0.2) is 8.78 Å². The average molecular weight is 436 g/mol. The maximum Gasteiger partial charge on any atom is 0.323 e. The molecule has 5 rings (SSSR count). The maximum atomic E-state index is 14.9. The largest absolute Gasteiger partial charge is 0.358 e. The second-order valence-electron chi connectivity index (χ2n) is 7.51. The van der Waals surface area contributed by atoms with Crippen molar-refractivity contribution in [2.45, 2.75) is 19.4 Å². The summed E-state index contributed by atoms with van der Waals surface area (Å²) in [5, 5.41) is 0.563. The molecule has 0 fully saturated rings. The van der Waals surface area contributed by atoms with Crippen molar-refractivity contribution >= 4 is 34.3 Å². The van der Waals surface area contributed by atoms with Gasteiger partial charge in [0.1, 0.15) is 0 Å². The molecule has 0 amide bonds. The quantitative estimate of drug-likeness (QED) is 0.399. The lowest BCUT2D eigenvalue weighted by molar-refractivity contribution is 0.601. The van der Waals surface area contributed by atoms with Crippen LogP contribution in [0.3, 0.4) is 0 Å². The fourth-order valence-corrected chi connectivity index (χ4v) is 4.35. The molecule has 8 heteroatoms. The highest BCUT2D eigenvalue weighted by atomic mass is 35.5. The first kappa shape index (κ1) is 19.5. The predicted octanol–water partition coefficient (Wildman–Crippen LogP) is 5.90. The zero-order valence-corrected chi connectivity index (χ0v) is 17.2. The van der Waals surface area contributed by atoms with Crippen molar-refractivity contribution in [2.75, 3.05) is 11.4 Å². The van der Waals surface area contributed by atoms with Crippen LogP contribution in [0.15, 0.2) is 42.6 Å². The molecule has 2 aromatic heterocycles. The first-order valence-corrected chi connectivity index (χ1v) is 10.1. The summed E-state index contributed by atoms with van der Waals surface area (Å²) in [6, 6.07) is 10.9. The number of hydrogen-bond donors (Lipinski definition) is 1. The van der Waals surface area contributed by atoms with Crippen LogP contribution in [0.2, 0.25) is 5.02 Å². The third-order valence-electron chi connectivity index (χ3n) is 5.65. The molecule has 4 aromatic rings. The predicted molar refractivity (Wildman–Crippen MR) is 116 cm³/mol. The molecular weight excluding hydrogens is 420 g/mol. The highest BCUT2D eigenvalue weighted by Crippen LogP contribution is 2.41. The number of H-pyrrole nitrogens is 1.